The summed E-state index contributed by atoms with van der Waals surface area (Å²) in [6.45, 7) is 3.99. The highest BCUT2D eigenvalue weighted by Crippen LogP contribution is 2.19. The number of halogens is 1. The molecule has 0 saturated heterocycles. The highest BCUT2D eigenvalue weighted by Gasteiger charge is 2.15. The Hall–Kier alpha value is -2.51. The van der Waals surface area contributed by atoms with E-state index in [-0.39, 0.29) is 31.3 Å². The fourth-order valence-corrected chi connectivity index (χ4v) is 1.73. The van der Waals surface area contributed by atoms with E-state index in [1.165, 1.54) is 6.07 Å². The van der Waals surface area contributed by atoms with Crippen LogP contribution in [0.25, 0.3) is 0 Å². The average Bonchev–Trinajstić information content (AvgIpc) is 2.51. The lowest BCUT2D eigenvalue weighted by molar-refractivity contribution is -0.387. The molecule has 7 nitrogen and oxygen atoms in total. The quantitative estimate of drug-likeness (QED) is 0.389. The van der Waals surface area contributed by atoms with E-state index >= 15 is 0 Å². The van der Waals surface area contributed by atoms with E-state index in [0.29, 0.717) is 18.6 Å². The summed E-state index contributed by atoms with van der Waals surface area (Å²) in [5.41, 5.74) is -0.357. The molecule has 0 atom stereocenters. The fourth-order valence-electron chi connectivity index (χ4n) is 1.73. The van der Waals surface area contributed by atoms with E-state index in [1.807, 2.05) is 13.8 Å². The predicted octanol–water partition coefficient (Wildman–Crippen LogP) is 3.15. The van der Waals surface area contributed by atoms with Crippen molar-refractivity contribution < 1.29 is 28.4 Å². The van der Waals surface area contributed by atoms with Crippen molar-refractivity contribution in [3.05, 3.63) is 39.7 Å². The van der Waals surface area contributed by atoms with Crippen LogP contribution in [0.1, 0.15) is 38.7 Å². The van der Waals surface area contributed by atoms with Crippen LogP contribution < -0.4 is 0 Å². The number of nitro groups is 1. The van der Waals surface area contributed by atoms with E-state index in [4.69, 9.17) is 9.47 Å². The zero-order valence-electron chi connectivity index (χ0n) is 13.6. The van der Waals surface area contributed by atoms with Crippen LogP contribution >= 0.6 is 0 Å². The maximum absolute atomic E-state index is 13.2. The second kappa shape index (κ2) is 9.59. The van der Waals surface area contributed by atoms with E-state index in [1.54, 1.807) is 0 Å². The number of rotatable bonds is 9. The van der Waals surface area contributed by atoms with E-state index in [2.05, 4.69) is 0 Å². The minimum atomic E-state index is -0.949. The number of nitro benzene ring substituents is 1. The lowest BCUT2D eigenvalue weighted by atomic mass is 10.2. The maximum Gasteiger partial charge on any atom is 0.306 e. The molecule has 1 aromatic rings. The second-order valence-electron chi connectivity index (χ2n) is 5.63. The van der Waals surface area contributed by atoms with Crippen molar-refractivity contribution in [1.82, 2.24) is 0 Å². The Morgan fingerprint density at radius 2 is 1.83 bits per heavy atom. The van der Waals surface area contributed by atoms with Gasteiger partial charge < -0.3 is 9.47 Å². The molecule has 0 aliphatic carbocycles. The van der Waals surface area contributed by atoms with Crippen molar-refractivity contribution in [2.75, 3.05) is 6.61 Å². The van der Waals surface area contributed by atoms with Crippen LogP contribution in [0.3, 0.4) is 0 Å². The number of ether oxygens (including phenoxy) is 2. The normalized spacial score (nSPS) is 10.5. The van der Waals surface area contributed by atoms with Gasteiger partial charge in [-0.05, 0) is 24.0 Å². The predicted molar refractivity (Wildman–Crippen MR) is 82.5 cm³/mol. The molecule has 0 spiro atoms. The number of carbonyl (C=O) groups excluding carboxylic acids is 2. The first kappa shape index (κ1) is 19.5. The molecule has 0 N–H and O–H groups in total. The van der Waals surface area contributed by atoms with Crippen LogP contribution in [0, 0.1) is 21.8 Å². The lowest BCUT2D eigenvalue weighted by Gasteiger charge is -2.07. The first-order valence-electron chi connectivity index (χ1n) is 7.53. The molecule has 1 aromatic carbocycles. The monoisotopic (exact) mass is 341 g/mol. The van der Waals surface area contributed by atoms with Crippen LogP contribution in [0.2, 0.25) is 0 Å². The molecule has 0 aromatic heterocycles. The zero-order chi connectivity index (χ0) is 18.1. The Morgan fingerprint density at radius 1 is 1.21 bits per heavy atom. The van der Waals surface area contributed by atoms with Crippen molar-refractivity contribution in [1.29, 1.82) is 0 Å². The smallest absolute Gasteiger partial charge is 0.306 e. The van der Waals surface area contributed by atoms with Crippen molar-refractivity contribution >= 4 is 17.6 Å². The standard InChI is InChI=1S/C16H20FNO6/c1-11(2)9-23-15(19)4-3-5-16(20)24-10-12-6-7-13(17)14(8-12)18(21)22/h6-8,11H,3-5,9-10H2,1-2H3. The highest BCUT2D eigenvalue weighted by atomic mass is 19.1. The average molecular weight is 341 g/mol. The molecule has 0 unspecified atom stereocenters. The number of benzene rings is 1. The van der Waals surface area contributed by atoms with Gasteiger partial charge in [-0.15, -0.1) is 0 Å². The molecule has 0 saturated carbocycles. The van der Waals surface area contributed by atoms with Crippen molar-refractivity contribution in [2.24, 2.45) is 5.92 Å². The number of carbonyl (C=O) groups is 2. The SMILES string of the molecule is CC(C)COC(=O)CCCC(=O)OCc1ccc(F)c([N+](=O)[O-])c1. The summed E-state index contributed by atoms with van der Waals surface area (Å²) < 4.78 is 23.1. The summed E-state index contributed by atoms with van der Waals surface area (Å²) in [5, 5.41) is 10.6. The molecule has 0 bridgehead atoms. The zero-order valence-corrected chi connectivity index (χ0v) is 13.6. The lowest BCUT2D eigenvalue weighted by Crippen LogP contribution is -2.11. The molecule has 0 radical (unpaired) electrons. The first-order valence-corrected chi connectivity index (χ1v) is 7.53. The molecule has 0 fully saturated rings. The largest absolute Gasteiger partial charge is 0.465 e. The summed E-state index contributed by atoms with van der Waals surface area (Å²) in [6.07, 6.45) is 0.434. The van der Waals surface area contributed by atoms with Crippen LogP contribution in [0.4, 0.5) is 10.1 Å². The molecule has 132 valence electrons. The first-order chi connectivity index (χ1) is 11.3. The summed E-state index contributed by atoms with van der Waals surface area (Å²) in [5.74, 6) is -1.61. The third-order valence-electron chi connectivity index (χ3n) is 2.95. The van der Waals surface area contributed by atoms with Crippen LogP contribution in [0.5, 0.6) is 0 Å². The molecule has 8 heteroatoms. The van der Waals surface area contributed by atoms with Gasteiger partial charge in [-0.2, -0.15) is 4.39 Å². The van der Waals surface area contributed by atoms with Crippen molar-refractivity contribution in [2.45, 2.75) is 39.7 Å². The van der Waals surface area contributed by atoms with Gasteiger partial charge in [-0.1, -0.05) is 19.9 Å². The van der Waals surface area contributed by atoms with E-state index in [0.717, 1.165) is 12.1 Å². The van der Waals surface area contributed by atoms with Gasteiger partial charge in [0.2, 0.25) is 5.82 Å². The van der Waals surface area contributed by atoms with Crippen LogP contribution in [0.15, 0.2) is 18.2 Å². The van der Waals surface area contributed by atoms with Gasteiger partial charge in [-0.25, -0.2) is 0 Å². The van der Waals surface area contributed by atoms with Gasteiger partial charge in [0.15, 0.2) is 0 Å². The number of hydrogen-bond acceptors (Lipinski definition) is 6. The topological polar surface area (TPSA) is 95.7 Å². The Kier molecular flexibility index (Phi) is 7.81. The molecular formula is C16H20FNO6. The van der Waals surface area contributed by atoms with Crippen LogP contribution in [-0.4, -0.2) is 23.5 Å². The van der Waals surface area contributed by atoms with E-state index < -0.39 is 22.4 Å². The maximum atomic E-state index is 13.2. The van der Waals surface area contributed by atoms with Gasteiger partial charge >= 0.3 is 17.6 Å². The van der Waals surface area contributed by atoms with Gasteiger partial charge in [0.25, 0.3) is 0 Å². The second-order valence-corrected chi connectivity index (χ2v) is 5.63. The Bertz CT molecular complexity index is 602. The van der Waals surface area contributed by atoms with E-state index in [9.17, 15) is 24.1 Å². The summed E-state index contributed by atoms with van der Waals surface area (Å²) in [4.78, 5) is 32.7. The minimum Gasteiger partial charge on any atom is -0.465 e. The molecule has 0 heterocycles. The third-order valence-corrected chi connectivity index (χ3v) is 2.95. The Balaban J connectivity index is 2.33. The number of esters is 2. The molecule has 24 heavy (non-hydrogen) atoms. The Morgan fingerprint density at radius 3 is 2.42 bits per heavy atom. The van der Waals surface area contributed by atoms with Gasteiger partial charge in [0, 0.05) is 18.9 Å². The van der Waals surface area contributed by atoms with Gasteiger partial charge in [0.1, 0.15) is 6.61 Å². The Labute approximate surface area is 138 Å². The molecule has 1 rings (SSSR count). The molecule has 0 aliphatic heterocycles. The summed E-state index contributed by atoms with van der Waals surface area (Å²) in [7, 11) is 0. The molecular weight excluding hydrogens is 321 g/mol. The minimum absolute atomic E-state index is 0.0278. The third kappa shape index (κ3) is 7.17. The van der Waals surface area contributed by atoms with Crippen molar-refractivity contribution in [3.8, 4) is 0 Å². The number of nitrogens with zero attached hydrogens (tertiary/aromatic N) is 1. The summed E-state index contributed by atoms with van der Waals surface area (Å²) >= 11 is 0. The highest BCUT2D eigenvalue weighted by molar-refractivity contribution is 5.72. The molecule has 0 aliphatic rings. The number of hydrogen-bond donors (Lipinski definition) is 0. The summed E-state index contributed by atoms with van der Waals surface area (Å²) in [6, 6.07) is 3.27. The van der Waals surface area contributed by atoms with Gasteiger partial charge in [-0.3, -0.25) is 19.7 Å². The van der Waals surface area contributed by atoms with Gasteiger partial charge in [0.05, 0.1) is 11.5 Å². The molecule has 0 amide bonds. The fraction of sp³-hybridized carbons (Fsp3) is 0.500. The van der Waals surface area contributed by atoms with Crippen LogP contribution in [-0.2, 0) is 25.7 Å². The van der Waals surface area contributed by atoms with Crippen molar-refractivity contribution in [3.63, 3.8) is 0 Å².